The van der Waals surface area contributed by atoms with Gasteiger partial charge in [-0.05, 0) is 40.2 Å². The fourth-order valence-electron chi connectivity index (χ4n) is 4.00. The number of nitrogens with zero attached hydrogens (tertiary/aromatic N) is 6. The van der Waals surface area contributed by atoms with Crippen LogP contribution < -0.4 is 10.1 Å². The topological polar surface area (TPSA) is 115 Å². The third kappa shape index (κ3) is 5.15. The first-order valence-electron chi connectivity index (χ1n) is 10.8. The van der Waals surface area contributed by atoms with Gasteiger partial charge < -0.3 is 19.5 Å². The lowest BCUT2D eigenvalue weighted by Crippen LogP contribution is -2.44. The number of carbonyl (C=O) groups is 2. The predicted molar refractivity (Wildman–Crippen MR) is 127 cm³/mol. The lowest BCUT2D eigenvalue weighted by Gasteiger charge is -2.24. The molecule has 1 saturated heterocycles. The van der Waals surface area contributed by atoms with Crippen molar-refractivity contribution < 1.29 is 23.1 Å². The molecule has 0 saturated carbocycles. The van der Waals surface area contributed by atoms with Gasteiger partial charge >= 0.3 is 6.01 Å². The third-order valence-corrected chi connectivity index (χ3v) is 5.97. The minimum atomic E-state index is -1.31. The maximum Gasteiger partial charge on any atom is 0.322 e. The fourth-order valence-corrected chi connectivity index (χ4v) is 4.30. The second-order valence-electron chi connectivity index (χ2n) is 8.06. The molecule has 13 heteroatoms. The summed E-state index contributed by atoms with van der Waals surface area (Å²) in [5.41, 5.74) is 0.733. The molecule has 4 aromatic rings. The van der Waals surface area contributed by atoms with Crippen molar-refractivity contribution in [1.82, 2.24) is 29.4 Å². The fraction of sp³-hybridized carbons (Fsp3) is 0.217. The first kappa shape index (κ1) is 23.7. The number of hydrogen-bond donors (Lipinski definition) is 1. The van der Waals surface area contributed by atoms with Crippen LogP contribution in [0.3, 0.4) is 0 Å². The van der Waals surface area contributed by atoms with E-state index >= 15 is 0 Å². The summed E-state index contributed by atoms with van der Waals surface area (Å²) in [6.45, 7) is -0.256. The van der Waals surface area contributed by atoms with Crippen molar-refractivity contribution in [3.8, 4) is 11.8 Å². The molecule has 5 rings (SSSR count). The third-order valence-electron chi connectivity index (χ3n) is 5.58. The van der Waals surface area contributed by atoms with E-state index in [1.165, 1.54) is 17.3 Å². The van der Waals surface area contributed by atoms with Crippen molar-refractivity contribution in [3.63, 3.8) is 0 Å². The molecule has 0 spiro atoms. The number of amides is 2. The van der Waals surface area contributed by atoms with Gasteiger partial charge in [-0.2, -0.15) is 0 Å². The molecule has 3 aromatic heterocycles. The molecule has 1 aromatic carbocycles. The number of carbonyl (C=O) groups excluding carboxylic acids is 2. The van der Waals surface area contributed by atoms with Crippen molar-refractivity contribution in [2.45, 2.75) is 25.2 Å². The summed E-state index contributed by atoms with van der Waals surface area (Å²) in [5.74, 6) is -0.862. The molecule has 1 fully saturated rings. The molecule has 2 atom stereocenters. The summed E-state index contributed by atoms with van der Waals surface area (Å²) in [4.78, 5) is 42.7. The highest BCUT2D eigenvalue weighted by Gasteiger charge is 2.40. The number of nitrogens with one attached hydrogen (secondary N) is 1. The van der Waals surface area contributed by atoms with Gasteiger partial charge in [0.1, 0.15) is 29.1 Å². The minimum Gasteiger partial charge on any atom is -0.424 e. The van der Waals surface area contributed by atoms with Gasteiger partial charge in [0.25, 0.3) is 0 Å². The average Bonchev–Trinajstić information content (AvgIpc) is 3.44. The van der Waals surface area contributed by atoms with Gasteiger partial charge in [0.2, 0.25) is 11.8 Å². The highest BCUT2D eigenvalue weighted by molar-refractivity contribution is 9.10. The van der Waals surface area contributed by atoms with Crippen LogP contribution in [0, 0.1) is 5.82 Å². The lowest BCUT2D eigenvalue weighted by atomic mass is 10.2. The quantitative estimate of drug-likeness (QED) is 0.385. The molecular weight excluding hydrogens is 540 g/mol. The van der Waals surface area contributed by atoms with Crippen LogP contribution in [0.4, 0.5) is 14.6 Å². The summed E-state index contributed by atoms with van der Waals surface area (Å²) >= 11 is 3.18. The van der Waals surface area contributed by atoms with Crippen LogP contribution in [0.2, 0.25) is 0 Å². The molecule has 0 unspecified atom stereocenters. The first-order chi connectivity index (χ1) is 17.4. The van der Waals surface area contributed by atoms with Crippen LogP contribution in [0.15, 0.2) is 59.9 Å². The van der Waals surface area contributed by atoms with Gasteiger partial charge in [-0.25, -0.2) is 23.7 Å². The van der Waals surface area contributed by atoms with Crippen LogP contribution in [0.5, 0.6) is 11.8 Å². The van der Waals surface area contributed by atoms with Crippen molar-refractivity contribution in [2.75, 3.05) is 11.9 Å². The number of alkyl halides is 1. The summed E-state index contributed by atoms with van der Waals surface area (Å²) in [6.07, 6.45) is 5.14. The van der Waals surface area contributed by atoms with E-state index in [0.717, 1.165) is 23.3 Å². The van der Waals surface area contributed by atoms with Gasteiger partial charge in [0.15, 0.2) is 11.6 Å². The van der Waals surface area contributed by atoms with E-state index in [1.54, 1.807) is 35.0 Å². The molecule has 1 aliphatic rings. The highest BCUT2D eigenvalue weighted by atomic mass is 79.9. The van der Waals surface area contributed by atoms with Crippen LogP contribution >= 0.6 is 15.9 Å². The molecule has 1 N–H and O–H groups in total. The van der Waals surface area contributed by atoms with E-state index in [0.29, 0.717) is 10.4 Å². The van der Waals surface area contributed by atoms with Crippen LogP contribution in [0.1, 0.15) is 6.42 Å². The molecule has 0 radical (unpaired) electrons. The Hall–Kier alpha value is -4.00. The lowest BCUT2D eigenvalue weighted by molar-refractivity contribution is -0.137. The smallest absolute Gasteiger partial charge is 0.322 e. The van der Waals surface area contributed by atoms with Gasteiger partial charge in [0, 0.05) is 23.5 Å². The van der Waals surface area contributed by atoms with Crippen molar-refractivity contribution in [1.29, 1.82) is 0 Å². The summed E-state index contributed by atoms with van der Waals surface area (Å²) in [6, 6.07) is 5.97. The average molecular weight is 558 g/mol. The SMILES string of the molecule is O=C(Nc1cncc(Br)n1)[C@@H]1C[C@@H](F)CN1C(=O)Cn1ccc2cc(Oc3ncc(F)cn3)ccc21. The number of aromatic nitrogens is 5. The summed E-state index contributed by atoms with van der Waals surface area (Å²) < 4.78 is 34.9. The Morgan fingerprint density at radius 1 is 1.17 bits per heavy atom. The van der Waals surface area contributed by atoms with Crippen LogP contribution in [-0.2, 0) is 16.1 Å². The molecule has 1 aliphatic heterocycles. The molecule has 10 nitrogen and oxygen atoms in total. The van der Waals surface area contributed by atoms with Crippen LogP contribution in [-0.4, -0.2) is 60.0 Å². The molecule has 0 aliphatic carbocycles. The Bertz CT molecular complexity index is 1430. The number of halogens is 3. The Morgan fingerprint density at radius 2 is 1.97 bits per heavy atom. The normalized spacial score (nSPS) is 17.4. The van der Waals surface area contributed by atoms with E-state index in [4.69, 9.17) is 4.74 Å². The number of rotatable bonds is 6. The minimum absolute atomic E-state index is 0.00155. The molecule has 4 heterocycles. The zero-order valence-corrected chi connectivity index (χ0v) is 20.1. The van der Waals surface area contributed by atoms with Gasteiger partial charge in [-0.15, -0.1) is 0 Å². The predicted octanol–water partition coefficient (Wildman–Crippen LogP) is 3.49. The van der Waals surface area contributed by atoms with Crippen molar-refractivity contribution in [2.24, 2.45) is 0 Å². The van der Waals surface area contributed by atoms with E-state index in [2.05, 4.69) is 41.2 Å². The maximum absolute atomic E-state index is 14.3. The number of fused-ring (bicyclic) bond motifs is 1. The van der Waals surface area contributed by atoms with Gasteiger partial charge in [-0.1, -0.05) is 0 Å². The number of ether oxygens (including phenoxy) is 1. The van der Waals surface area contributed by atoms with Crippen molar-refractivity contribution in [3.05, 3.63) is 65.7 Å². The highest BCUT2D eigenvalue weighted by Crippen LogP contribution is 2.26. The molecule has 2 amide bonds. The monoisotopic (exact) mass is 557 g/mol. The standard InChI is InChI=1S/C23H18BrF2N7O3/c24-19-9-27-10-20(30-19)31-22(35)18-6-14(25)11-33(18)21(34)12-32-4-3-13-5-16(1-2-17(13)32)36-23-28-7-15(26)8-29-23/h1-5,7-10,14,18H,6,11-12H2,(H,30,31,35)/t14-,18+/m1/s1. The molecular formula is C23H18BrF2N7O3. The van der Waals surface area contributed by atoms with Crippen LogP contribution in [0.25, 0.3) is 10.9 Å². The number of likely N-dealkylation sites (tertiary alicyclic amines) is 1. The Kier molecular flexibility index (Phi) is 6.55. The van der Waals surface area contributed by atoms with Gasteiger partial charge in [0.05, 0.1) is 31.3 Å². The molecule has 184 valence electrons. The van der Waals surface area contributed by atoms with E-state index < -0.39 is 29.8 Å². The second kappa shape index (κ2) is 9.93. The number of anilines is 1. The zero-order valence-electron chi connectivity index (χ0n) is 18.5. The number of hydrogen-bond acceptors (Lipinski definition) is 7. The zero-order chi connectivity index (χ0) is 25.2. The Balaban J connectivity index is 1.29. The van der Waals surface area contributed by atoms with Crippen molar-refractivity contribution >= 4 is 44.5 Å². The second-order valence-corrected chi connectivity index (χ2v) is 8.87. The molecule has 36 heavy (non-hydrogen) atoms. The Morgan fingerprint density at radius 3 is 2.75 bits per heavy atom. The largest absolute Gasteiger partial charge is 0.424 e. The van der Waals surface area contributed by atoms with Gasteiger partial charge in [-0.3, -0.25) is 14.6 Å². The first-order valence-corrected chi connectivity index (χ1v) is 11.6. The number of benzene rings is 1. The van der Waals surface area contributed by atoms with E-state index in [9.17, 15) is 18.4 Å². The maximum atomic E-state index is 14.3. The van der Waals surface area contributed by atoms with E-state index in [-0.39, 0.29) is 31.3 Å². The Labute approximate surface area is 211 Å². The summed E-state index contributed by atoms with van der Waals surface area (Å²) in [7, 11) is 0. The molecule has 0 bridgehead atoms. The van der Waals surface area contributed by atoms with E-state index in [1.807, 2.05) is 0 Å². The summed E-state index contributed by atoms with van der Waals surface area (Å²) in [5, 5.41) is 3.37.